The third-order valence-corrected chi connectivity index (χ3v) is 5.22. The number of hydrogen-bond acceptors (Lipinski definition) is 2. The van der Waals surface area contributed by atoms with E-state index in [1.54, 1.807) is 0 Å². The predicted molar refractivity (Wildman–Crippen MR) is 99.5 cm³/mol. The van der Waals surface area contributed by atoms with Crippen molar-refractivity contribution in [2.75, 3.05) is 6.54 Å². The first kappa shape index (κ1) is 17.2. The van der Waals surface area contributed by atoms with Gasteiger partial charge in [-0.15, -0.1) is 0 Å². The second-order valence-electron chi connectivity index (χ2n) is 6.74. The zero-order valence-electron chi connectivity index (χ0n) is 14.4. The van der Waals surface area contributed by atoms with Gasteiger partial charge in [-0.3, -0.25) is 4.79 Å². The summed E-state index contributed by atoms with van der Waals surface area (Å²) in [5.74, 6) is 0.175. The Bertz CT molecular complexity index is 712. The van der Waals surface area contributed by atoms with Crippen molar-refractivity contribution in [1.29, 1.82) is 0 Å². The predicted octanol–water partition coefficient (Wildman–Crippen LogP) is 4.85. The van der Waals surface area contributed by atoms with E-state index in [1.807, 2.05) is 44.2 Å². The van der Waals surface area contributed by atoms with Gasteiger partial charge in [-0.05, 0) is 57.0 Å². The highest BCUT2D eigenvalue weighted by molar-refractivity contribution is 6.30. The van der Waals surface area contributed by atoms with E-state index in [1.165, 1.54) is 32.1 Å². The molecule has 1 saturated carbocycles. The standard InChI is InChI=1S/C20H25ClN2O/c1-14-12-19(20(24)13-22-17-6-4-3-5-7-17)15(2)23(14)18-10-8-16(21)9-11-18/h8-12,17,22H,3-7,13H2,1-2H3. The van der Waals surface area contributed by atoms with E-state index in [9.17, 15) is 4.79 Å². The van der Waals surface area contributed by atoms with Gasteiger partial charge in [0.15, 0.2) is 5.78 Å². The Labute approximate surface area is 149 Å². The van der Waals surface area contributed by atoms with Crippen molar-refractivity contribution < 1.29 is 4.79 Å². The molecule has 0 unspecified atom stereocenters. The third kappa shape index (κ3) is 3.73. The lowest BCUT2D eigenvalue weighted by Crippen LogP contribution is -2.35. The maximum atomic E-state index is 12.7. The van der Waals surface area contributed by atoms with E-state index in [-0.39, 0.29) is 5.78 Å². The molecule has 0 aliphatic heterocycles. The summed E-state index contributed by atoms with van der Waals surface area (Å²) in [4.78, 5) is 12.7. The van der Waals surface area contributed by atoms with Gasteiger partial charge >= 0.3 is 0 Å². The quantitative estimate of drug-likeness (QED) is 0.786. The van der Waals surface area contributed by atoms with Crippen molar-refractivity contribution in [3.63, 3.8) is 0 Å². The molecule has 1 aromatic heterocycles. The first-order valence-electron chi connectivity index (χ1n) is 8.77. The van der Waals surface area contributed by atoms with E-state index in [4.69, 9.17) is 11.6 Å². The molecule has 3 rings (SSSR count). The van der Waals surface area contributed by atoms with Gasteiger partial charge in [0.2, 0.25) is 0 Å². The summed E-state index contributed by atoms with van der Waals surface area (Å²) in [6, 6.07) is 10.2. The van der Waals surface area contributed by atoms with Gasteiger partial charge in [0, 0.05) is 33.7 Å². The van der Waals surface area contributed by atoms with E-state index in [2.05, 4.69) is 9.88 Å². The van der Waals surface area contributed by atoms with E-state index in [0.29, 0.717) is 17.6 Å². The minimum atomic E-state index is 0.175. The zero-order valence-corrected chi connectivity index (χ0v) is 15.2. The van der Waals surface area contributed by atoms with Crippen LogP contribution >= 0.6 is 11.6 Å². The smallest absolute Gasteiger partial charge is 0.178 e. The Hall–Kier alpha value is -1.58. The molecule has 1 aliphatic rings. The largest absolute Gasteiger partial charge is 0.318 e. The molecular weight excluding hydrogens is 320 g/mol. The number of hydrogen-bond donors (Lipinski definition) is 1. The van der Waals surface area contributed by atoms with Gasteiger partial charge < -0.3 is 9.88 Å². The Kier molecular flexibility index (Phi) is 5.42. The van der Waals surface area contributed by atoms with E-state index < -0.39 is 0 Å². The molecule has 1 heterocycles. The van der Waals surface area contributed by atoms with Crippen LogP contribution in [0.15, 0.2) is 30.3 Å². The van der Waals surface area contributed by atoms with Crippen LogP contribution in [0.3, 0.4) is 0 Å². The van der Waals surface area contributed by atoms with Crippen LogP contribution in [0.4, 0.5) is 0 Å². The monoisotopic (exact) mass is 344 g/mol. The minimum Gasteiger partial charge on any atom is -0.318 e. The van der Waals surface area contributed by atoms with Gasteiger partial charge in [-0.1, -0.05) is 30.9 Å². The van der Waals surface area contributed by atoms with Crippen molar-refractivity contribution in [2.24, 2.45) is 0 Å². The highest BCUT2D eigenvalue weighted by Crippen LogP contribution is 2.23. The molecule has 24 heavy (non-hydrogen) atoms. The van der Waals surface area contributed by atoms with Crippen LogP contribution in [-0.2, 0) is 0 Å². The fourth-order valence-corrected chi connectivity index (χ4v) is 3.80. The summed E-state index contributed by atoms with van der Waals surface area (Å²) in [7, 11) is 0. The van der Waals surface area contributed by atoms with Crippen molar-refractivity contribution in [3.8, 4) is 5.69 Å². The number of benzene rings is 1. The average molecular weight is 345 g/mol. The molecule has 1 aromatic carbocycles. The molecule has 0 spiro atoms. The van der Waals surface area contributed by atoms with Crippen LogP contribution in [0, 0.1) is 13.8 Å². The third-order valence-electron chi connectivity index (χ3n) is 4.97. The minimum absolute atomic E-state index is 0.175. The maximum Gasteiger partial charge on any atom is 0.178 e. The molecule has 1 fully saturated rings. The maximum absolute atomic E-state index is 12.7. The van der Waals surface area contributed by atoms with Crippen LogP contribution < -0.4 is 5.32 Å². The molecule has 3 nitrogen and oxygen atoms in total. The Morgan fingerprint density at radius 1 is 1.17 bits per heavy atom. The number of nitrogens with one attached hydrogen (secondary N) is 1. The number of aromatic nitrogens is 1. The number of ketones is 1. The molecule has 128 valence electrons. The SMILES string of the molecule is Cc1cc(C(=O)CNC2CCCCC2)c(C)n1-c1ccc(Cl)cc1. The summed E-state index contributed by atoms with van der Waals surface area (Å²) in [5, 5.41) is 4.16. The summed E-state index contributed by atoms with van der Waals surface area (Å²) in [6.45, 7) is 4.47. The Morgan fingerprint density at radius 2 is 1.83 bits per heavy atom. The summed E-state index contributed by atoms with van der Waals surface area (Å²) < 4.78 is 2.12. The number of carbonyl (C=O) groups is 1. The van der Waals surface area contributed by atoms with E-state index >= 15 is 0 Å². The number of carbonyl (C=O) groups excluding carboxylic acids is 1. The molecule has 0 saturated heterocycles. The topological polar surface area (TPSA) is 34.0 Å². The lowest BCUT2D eigenvalue weighted by molar-refractivity contribution is 0.0984. The summed E-state index contributed by atoms with van der Waals surface area (Å²) in [6.07, 6.45) is 6.26. The highest BCUT2D eigenvalue weighted by atomic mass is 35.5. The molecule has 2 aromatic rings. The number of halogens is 1. The number of nitrogens with zero attached hydrogens (tertiary/aromatic N) is 1. The molecular formula is C20H25ClN2O. The second-order valence-corrected chi connectivity index (χ2v) is 7.17. The lowest BCUT2D eigenvalue weighted by Gasteiger charge is -2.22. The first-order valence-corrected chi connectivity index (χ1v) is 9.15. The van der Waals surface area contributed by atoms with Crippen molar-refractivity contribution in [3.05, 3.63) is 52.3 Å². The van der Waals surface area contributed by atoms with Crippen LogP contribution in [0.5, 0.6) is 0 Å². The average Bonchev–Trinajstić information content (AvgIpc) is 2.89. The van der Waals surface area contributed by atoms with Crippen molar-refractivity contribution in [2.45, 2.75) is 52.0 Å². The Balaban J connectivity index is 1.75. The number of aryl methyl sites for hydroxylation is 1. The second kappa shape index (κ2) is 7.54. The lowest BCUT2D eigenvalue weighted by atomic mass is 9.95. The molecule has 0 radical (unpaired) electrons. The normalized spacial score (nSPS) is 15.6. The Morgan fingerprint density at radius 3 is 2.50 bits per heavy atom. The van der Waals surface area contributed by atoms with Gasteiger partial charge in [-0.25, -0.2) is 0 Å². The van der Waals surface area contributed by atoms with E-state index in [0.717, 1.165) is 22.6 Å². The molecule has 0 atom stereocenters. The van der Waals surface area contributed by atoms with Gasteiger partial charge in [0.25, 0.3) is 0 Å². The van der Waals surface area contributed by atoms with Crippen molar-refractivity contribution >= 4 is 17.4 Å². The van der Waals surface area contributed by atoms with Crippen LogP contribution in [-0.4, -0.2) is 22.9 Å². The van der Waals surface area contributed by atoms with Gasteiger partial charge in [-0.2, -0.15) is 0 Å². The van der Waals surface area contributed by atoms with Crippen LogP contribution in [0.1, 0.15) is 53.8 Å². The first-order chi connectivity index (χ1) is 11.6. The fraction of sp³-hybridized carbons (Fsp3) is 0.450. The molecule has 0 bridgehead atoms. The highest BCUT2D eigenvalue weighted by Gasteiger charge is 2.19. The molecule has 1 N–H and O–H groups in total. The zero-order chi connectivity index (χ0) is 17.1. The van der Waals surface area contributed by atoms with Gasteiger partial charge in [0.05, 0.1) is 6.54 Å². The summed E-state index contributed by atoms with van der Waals surface area (Å²) >= 11 is 5.98. The van der Waals surface area contributed by atoms with Gasteiger partial charge in [0.1, 0.15) is 0 Å². The van der Waals surface area contributed by atoms with Crippen LogP contribution in [0.25, 0.3) is 5.69 Å². The molecule has 0 amide bonds. The fourth-order valence-electron chi connectivity index (χ4n) is 3.67. The van der Waals surface area contributed by atoms with Crippen LogP contribution in [0.2, 0.25) is 5.02 Å². The number of rotatable bonds is 5. The molecule has 1 aliphatic carbocycles. The summed E-state index contributed by atoms with van der Waals surface area (Å²) in [5.41, 5.74) is 3.90. The molecule has 4 heteroatoms. The van der Waals surface area contributed by atoms with Crippen molar-refractivity contribution in [1.82, 2.24) is 9.88 Å². The number of Topliss-reactive ketones (excluding diaryl/α,β-unsaturated/α-hetero) is 1.